The van der Waals surface area contributed by atoms with Gasteiger partial charge in [-0.1, -0.05) is 63.6 Å². The monoisotopic (exact) mass is 482 g/mol. The Labute approximate surface area is 215 Å². The lowest BCUT2D eigenvalue weighted by atomic mass is 9.50. The molecule has 2 aliphatic rings. The molecule has 3 atom stereocenters. The Morgan fingerprint density at radius 2 is 1.56 bits per heavy atom. The van der Waals surface area contributed by atoms with Crippen molar-refractivity contribution in [1.82, 2.24) is 0 Å². The van der Waals surface area contributed by atoms with Gasteiger partial charge in [0.25, 0.3) is 0 Å². The van der Waals surface area contributed by atoms with E-state index in [1.807, 2.05) is 19.1 Å². The molecule has 0 aromatic heterocycles. The average Bonchev–Trinajstić information content (AvgIpc) is 2.84. The van der Waals surface area contributed by atoms with E-state index in [0.29, 0.717) is 0 Å². The fraction of sp³-hybridized carbons (Fsp3) is 0.406. The maximum absolute atomic E-state index is 12.6. The lowest BCUT2D eigenvalue weighted by molar-refractivity contribution is -0.160. The number of carbonyl (C=O) groups is 1. The highest BCUT2D eigenvalue weighted by Gasteiger charge is 2.55. The van der Waals surface area contributed by atoms with Crippen LogP contribution < -0.4 is 10.6 Å². The standard InChI is InChI=1S/C32H38N2O2/c1-21(2)28-26(33-23-12-7-5-8-13-23)18-22-20-31(3)16-11-17-32(4,30(35)36)27(31)19-25(22)29(28)34-24-14-9-6-10-15-24/h5-10,12-15,18,21,27,33-34H,11,16-17,19-20H2,1-4H3,(H,35,36)/t27-,31-,32-/m1/s1. The number of nitrogens with one attached hydrogen (secondary N) is 2. The quantitative estimate of drug-likeness (QED) is 0.331. The second kappa shape index (κ2) is 9.31. The Morgan fingerprint density at radius 1 is 0.944 bits per heavy atom. The van der Waals surface area contributed by atoms with Crippen molar-refractivity contribution >= 4 is 28.7 Å². The lowest BCUT2D eigenvalue weighted by Crippen LogP contribution is -2.51. The summed E-state index contributed by atoms with van der Waals surface area (Å²) in [6.45, 7) is 8.79. The molecule has 4 nitrogen and oxygen atoms in total. The van der Waals surface area contributed by atoms with Crippen LogP contribution in [0.1, 0.15) is 69.6 Å². The molecule has 0 heterocycles. The Hall–Kier alpha value is -3.27. The van der Waals surface area contributed by atoms with Crippen molar-refractivity contribution in [3.63, 3.8) is 0 Å². The molecule has 3 aromatic carbocycles. The summed E-state index contributed by atoms with van der Waals surface area (Å²) in [6, 6.07) is 23.0. The molecule has 0 spiro atoms. The first-order valence-electron chi connectivity index (χ1n) is 13.3. The highest BCUT2D eigenvalue weighted by atomic mass is 16.4. The van der Waals surface area contributed by atoms with Gasteiger partial charge in [0, 0.05) is 28.3 Å². The minimum Gasteiger partial charge on any atom is -0.481 e. The van der Waals surface area contributed by atoms with Crippen LogP contribution in [0.3, 0.4) is 0 Å². The largest absolute Gasteiger partial charge is 0.481 e. The van der Waals surface area contributed by atoms with E-state index in [-0.39, 0.29) is 17.3 Å². The Morgan fingerprint density at radius 3 is 2.14 bits per heavy atom. The molecule has 0 radical (unpaired) electrons. The summed E-state index contributed by atoms with van der Waals surface area (Å²) in [6.07, 6.45) is 4.49. The molecule has 0 unspecified atom stereocenters. The number of rotatable bonds is 6. The Balaban J connectivity index is 1.70. The normalized spacial score (nSPS) is 25.1. The van der Waals surface area contributed by atoms with Crippen molar-refractivity contribution in [3.8, 4) is 0 Å². The third kappa shape index (κ3) is 4.27. The summed E-state index contributed by atoms with van der Waals surface area (Å²) < 4.78 is 0. The van der Waals surface area contributed by atoms with Crippen LogP contribution in [0.2, 0.25) is 0 Å². The zero-order valence-corrected chi connectivity index (χ0v) is 21.9. The molecule has 0 amide bonds. The van der Waals surface area contributed by atoms with E-state index in [1.165, 1.54) is 16.7 Å². The highest BCUT2D eigenvalue weighted by molar-refractivity contribution is 5.80. The lowest BCUT2D eigenvalue weighted by Gasteiger charge is -2.53. The molecule has 2 aliphatic carbocycles. The molecule has 0 aliphatic heterocycles. The first-order chi connectivity index (χ1) is 17.2. The number of aliphatic carboxylic acids is 1. The van der Waals surface area contributed by atoms with Crippen LogP contribution in [-0.4, -0.2) is 11.1 Å². The number of para-hydroxylation sites is 2. The molecule has 1 fully saturated rings. The first kappa shape index (κ1) is 24.4. The first-order valence-corrected chi connectivity index (χ1v) is 13.3. The van der Waals surface area contributed by atoms with Crippen LogP contribution in [0.25, 0.3) is 0 Å². The predicted molar refractivity (Wildman–Crippen MR) is 149 cm³/mol. The summed E-state index contributed by atoms with van der Waals surface area (Å²) in [7, 11) is 0. The SMILES string of the molecule is CC(C)c1c(Nc2ccccc2)cc2c(c1Nc1ccccc1)C[C@@H]1[C@](C)(CCC[C@@]1(C)C(=O)O)C2. The fourth-order valence-electron chi connectivity index (χ4n) is 6.93. The van der Waals surface area contributed by atoms with Crippen molar-refractivity contribution in [2.45, 2.75) is 65.7 Å². The fourth-order valence-corrected chi connectivity index (χ4v) is 6.93. The number of hydrogen-bond acceptors (Lipinski definition) is 3. The van der Waals surface area contributed by atoms with Gasteiger partial charge >= 0.3 is 5.97 Å². The van der Waals surface area contributed by atoms with Gasteiger partial charge in [-0.2, -0.15) is 0 Å². The van der Waals surface area contributed by atoms with Crippen molar-refractivity contribution < 1.29 is 9.90 Å². The van der Waals surface area contributed by atoms with Crippen LogP contribution >= 0.6 is 0 Å². The summed E-state index contributed by atoms with van der Waals surface area (Å²) in [5, 5.41) is 17.8. The molecule has 3 N–H and O–H groups in total. The summed E-state index contributed by atoms with van der Waals surface area (Å²) in [5.41, 5.74) is 7.55. The molecule has 36 heavy (non-hydrogen) atoms. The van der Waals surface area contributed by atoms with Gasteiger partial charge in [-0.05, 0) is 91.3 Å². The maximum atomic E-state index is 12.6. The van der Waals surface area contributed by atoms with Crippen LogP contribution in [0, 0.1) is 16.7 Å². The number of fused-ring (bicyclic) bond motifs is 2. The van der Waals surface area contributed by atoms with Crippen molar-refractivity contribution in [3.05, 3.63) is 83.4 Å². The molecule has 0 bridgehead atoms. The van der Waals surface area contributed by atoms with Gasteiger partial charge in [0.2, 0.25) is 0 Å². The zero-order chi connectivity index (χ0) is 25.5. The number of anilines is 4. The topological polar surface area (TPSA) is 61.4 Å². The molecule has 3 aromatic rings. The predicted octanol–water partition coefficient (Wildman–Crippen LogP) is 8.29. The summed E-state index contributed by atoms with van der Waals surface area (Å²) >= 11 is 0. The van der Waals surface area contributed by atoms with Crippen LogP contribution in [0.5, 0.6) is 0 Å². The summed E-state index contributed by atoms with van der Waals surface area (Å²) in [4.78, 5) is 12.6. The van der Waals surface area contributed by atoms with Gasteiger partial charge in [0.05, 0.1) is 5.41 Å². The van der Waals surface area contributed by atoms with Crippen molar-refractivity contribution in [1.29, 1.82) is 0 Å². The highest BCUT2D eigenvalue weighted by Crippen LogP contribution is 2.58. The number of benzene rings is 3. The smallest absolute Gasteiger partial charge is 0.309 e. The molecule has 4 heteroatoms. The molecular weight excluding hydrogens is 444 g/mol. The zero-order valence-electron chi connectivity index (χ0n) is 21.9. The molecule has 188 valence electrons. The minimum atomic E-state index is -0.701. The van der Waals surface area contributed by atoms with E-state index < -0.39 is 11.4 Å². The third-order valence-corrected chi connectivity index (χ3v) is 8.79. The molecule has 1 saturated carbocycles. The van der Waals surface area contributed by atoms with E-state index >= 15 is 0 Å². The Kier molecular flexibility index (Phi) is 6.32. The maximum Gasteiger partial charge on any atom is 0.309 e. The van der Waals surface area contributed by atoms with E-state index in [0.717, 1.165) is 54.9 Å². The molecule has 0 saturated heterocycles. The van der Waals surface area contributed by atoms with Crippen molar-refractivity contribution in [2.24, 2.45) is 16.7 Å². The van der Waals surface area contributed by atoms with E-state index in [9.17, 15) is 9.90 Å². The van der Waals surface area contributed by atoms with Crippen LogP contribution in [-0.2, 0) is 17.6 Å². The number of carboxylic acid groups (broad SMARTS) is 1. The number of carboxylic acids is 1. The number of hydrogen-bond donors (Lipinski definition) is 3. The van der Waals surface area contributed by atoms with Gasteiger partial charge in [0.1, 0.15) is 0 Å². The molecular formula is C32H38N2O2. The van der Waals surface area contributed by atoms with Gasteiger partial charge < -0.3 is 15.7 Å². The average molecular weight is 483 g/mol. The van der Waals surface area contributed by atoms with Gasteiger partial charge in [0.15, 0.2) is 0 Å². The summed E-state index contributed by atoms with van der Waals surface area (Å²) in [5.74, 6) is -0.267. The van der Waals surface area contributed by atoms with Gasteiger partial charge in [-0.3, -0.25) is 4.79 Å². The van der Waals surface area contributed by atoms with E-state index in [2.05, 4.69) is 86.0 Å². The van der Waals surface area contributed by atoms with E-state index in [4.69, 9.17) is 0 Å². The second-order valence-electron chi connectivity index (χ2n) is 11.7. The van der Waals surface area contributed by atoms with Crippen LogP contribution in [0.15, 0.2) is 66.7 Å². The van der Waals surface area contributed by atoms with Crippen LogP contribution in [0.4, 0.5) is 22.7 Å². The molecule has 5 rings (SSSR count). The van der Waals surface area contributed by atoms with Gasteiger partial charge in [-0.25, -0.2) is 0 Å². The van der Waals surface area contributed by atoms with E-state index in [1.54, 1.807) is 0 Å². The van der Waals surface area contributed by atoms with Gasteiger partial charge in [-0.15, -0.1) is 0 Å². The minimum absolute atomic E-state index is 0.0221. The third-order valence-electron chi connectivity index (χ3n) is 8.79. The second-order valence-corrected chi connectivity index (χ2v) is 11.7. The van der Waals surface area contributed by atoms with Crippen molar-refractivity contribution in [2.75, 3.05) is 10.6 Å². The Bertz CT molecular complexity index is 1250.